The van der Waals surface area contributed by atoms with E-state index in [9.17, 15) is 0 Å². The van der Waals surface area contributed by atoms with Gasteiger partial charge < -0.3 is 0 Å². The zero-order valence-corrected chi connectivity index (χ0v) is 24.1. The summed E-state index contributed by atoms with van der Waals surface area (Å²) in [7, 11) is -0.548. The summed E-state index contributed by atoms with van der Waals surface area (Å²) in [6.07, 6.45) is 11.8. The van der Waals surface area contributed by atoms with Gasteiger partial charge in [-0.2, -0.15) is 0 Å². The van der Waals surface area contributed by atoms with Crippen molar-refractivity contribution in [3.63, 3.8) is 0 Å². The van der Waals surface area contributed by atoms with Crippen LogP contribution in [-0.4, -0.2) is 9.52 Å². The molecule has 0 saturated heterocycles. The van der Waals surface area contributed by atoms with Crippen molar-refractivity contribution in [1.29, 1.82) is 0 Å². The topological polar surface area (TPSA) is 0 Å². The minimum absolute atomic E-state index is 0.251. The molecule has 0 N–H and O–H groups in total. The van der Waals surface area contributed by atoms with Crippen molar-refractivity contribution in [2.24, 2.45) is 5.41 Å². The molecule has 1 aromatic rings. The third-order valence-electron chi connectivity index (χ3n) is 7.97. The molecule has 1 aromatic carbocycles. The Balaban J connectivity index is 2.22. The molecule has 2 unspecified atom stereocenters. The van der Waals surface area contributed by atoms with Crippen LogP contribution in [0.5, 0.6) is 0 Å². The van der Waals surface area contributed by atoms with Crippen LogP contribution in [0.4, 0.5) is 0 Å². The Hall–Kier alpha value is -0.889. The summed E-state index contributed by atoms with van der Waals surface area (Å²) in [6, 6.07) is 5.05. The van der Waals surface area contributed by atoms with Crippen LogP contribution >= 0.6 is 0 Å². The molecule has 0 aliphatic heterocycles. The fourth-order valence-electron chi connectivity index (χ4n) is 6.33. The first-order valence-corrected chi connectivity index (χ1v) is 18.5. The summed E-state index contributed by atoms with van der Waals surface area (Å²) in [5.41, 5.74) is 9.59. The normalized spacial score (nSPS) is 27.3. The van der Waals surface area contributed by atoms with E-state index in [0.717, 1.165) is 0 Å². The third-order valence-corrected chi connectivity index (χ3v) is 14.8. The fraction of sp³-hybridized carbons (Fsp3) is 0.500. The van der Waals surface area contributed by atoms with E-state index in [1.807, 2.05) is 3.88 Å². The molecule has 2 heteroatoms. The summed E-state index contributed by atoms with van der Waals surface area (Å²) < 4.78 is 1.91. The molecule has 0 amide bonds. The second kappa shape index (κ2) is 8.23. The first-order valence-electron chi connectivity index (χ1n) is 11.6. The van der Waals surface area contributed by atoms with Gasteiger partial charge >= 0.3 is 192 Å². The van der Waals surface area contributed by atoms with E-state index in [2.05, 4.69) is 101 Å². The number of hydrogen-bond donors (Lipinski definition) is 0. The van der Waals surface area contributed by atoms with Gasteiger partial charge in [-0.05, 0) is 0 Å². The van der Waals surface area contributed by atoms with Crippen LogP contribution in [0.25, 0.3) is 0 Å². The van der Waals surface area contributed by atoms with Crippen LogP contribution in [-0.2, 0) is 16.6 Å². The molecule has 0 heterocycles. The molecule has 2 aliphatic rings. The summed E-state index contributed by atoms with van der Waals surface area (Å²) in [5.74, 6) is 0. The van der Waals surface area contributed by atoms with Gasteiger partial charge in [-0.25, -0.2) is 0 Å². The van der Waals surface area contributed by atoms with Gasteiger partial charge in [0.2, 0.25) is 0 Å². The van der Waals surface area contributed by atoms with E-state index in [1.54, 1.807) is 21.9 Å². The van der Waals surface area contributed by atoms with E-state index in [4.69, 9.17) is 0 Å². The van der Waals surface area contributed by atoms with Gasteiger partial charge in [-0.15, -0.1) is 0 Å². The molecule has 3 rings (SSSR count). The van der Waals surface area contributed by atoms with Crippen LogP contribution in [0, 0.1) is 26.2 Å². The average Bonchev–Trinajstić information content (AvgIpc) is 2.80. The molecule has 2 atom stereocenters. The number of rotatable bonds is 5. The SMILES string of the molecule is CC1=C(C)C(CC2(C)C=CC=CC2)([SiH2]c2cc(C)c(C)c(C)c2)[C]([Ti]([CH3])([CH3])[CH3])=C1C. The van der Waals surface area contributed by atoms with Crippen molar-refractivity contribution in [2.45, 2.75) is 82.0 Å². The third kappa shape index (κ3) is 4.23. The second-order valence-electron chi connectivity index (χ2n) is 11.4. The number of benzene rings is 1. The Morgan fingerprint density at radius 3 is 2.00 bits per heavy atom. The predicted molar refractivity (Wildman–Crippen MR) is 136 cm³/mol. The zero-order chi connectivity index (χ0) is 22.5. The molecular weight excluding hydrogens is 412 g/mol. The molecule has 162 valence electrons. The molecule has 0 fully saturated rings. The quantitative estimate of drug-likeness (QED) is 0.407. The number of hydrogen-bond acceptors (Lipinski definition) is 0. The fourth-order valence-corrected chi connectivity index (χ4v) is 16.8. The van der Waals surface area contributed by atoms with Gasteiger partial charge in [0.15, 0.2) is 0 Å². The first kappa shape index (κ1) is 23.8. The number of aryl methyl sites for hydroxylation is 2. The van der Waals surface area contributed by atoms with Crippen LogP contribution in [0.3, 0.4) is 0 Å². The standard InChI is InChI=1S/C25H33Si.3CH3.Ti/c1-17-13-23(14-18(2)20(17)4)26-25(15-19(3)21(5)22(25)6)16-24(7)11-9-8-10-12-24;;;;/h8-11,13-14H,12,16,26H2,1-7H3;3*1H3;. The van der Waals surface area contributed by atoms with Crippen molar-refractivity contribution >= 4 is 14.7 Å². The van der Waals surface area contributed by atoms with E-state index < -0.39 is 26.1 Å². The molecule has 0 spiro atoms. The van der Waals surface area contributed by atoms with Gasteiger partial charge in [0, 0.05) is 0 Å². The van der Waals surface area contributed by atoms with Gasteiger partial charge in [0.25, 0.3) is 0 Å². The zero-order valence-electron chi connectivity index (χ0n) is 21.1. The van der Waals surface area contributed by atoms with E-state index in [-0.39, 0.29) is 5.41 Å². The van der Waals surface area contributed by atoms with Gasteiger partial charge in [-0.3, -0.25) is 0 Å². The molecule has 0 nitrogen and oxygen atoms in total. The van der Waals surface area contributed by atoms with Crippen molar-refractivity contribution < 1.29 is 16.6 Å². The molecule has 0 bridgehead atoms. The van der Waals surface area contributed by atoms with Crippen LogP contribution in [0.15, 0.2) is 57.0 Å². The van der Waals surface area contributed by atoms with E-state index in [0.29, 0.717) is 5.04 Å². The monoisotopic (exact) mass is 454 g/mol. The summed E-state index contributed by atoms with van der Waals surface area (Å²) >= 11 is -2.07. The number of allylic oxidation sites excluding steroid dienone is 8. The molecule has 0 aromatic heterocycles. The Bertz CT molecular complexity index is 959. The van der Waals surface area contributed by atoms with Crippen molar-refractivity contribution in [3.8, 4) is 0 Å². The van der Waals surface area contributed by atoms with Crippen molar-refractivity contribution in [2.75, 3.05) is 0 Å². The van der Waals surface area contributed by atoms with Gasteiger partial charge in [0.1, 0.15) is 0 Å². The molecule has 0 radical (unpaired) electrons. The Labute approximate surface area is 191 Å². The van der Waals surface area contributed by atoms with Crippen molar-refractivity contribution in [1.82, 2.24) is 0 Å². The van der Waals surface area contributed by atoms with Gasteiger partial charge in [0.05, 0.1) is 0 Å². The second-order valence-corrected chi connectivity index (χ2v) is 21.6. The first-order chi connectivity index (χ1) is 13.8. The molecule has 30 heavy (non-hydrogen) atoms. The summed E-state index contributed by atoms with van der Waals surface area (Å²) in [5, 5.41) is 9.82. The molecular formula is C28H42SiTi. The Morgan fingerprint density at radius 2 is 1.50 bits per heavy atom. The molecule has 2 aliphatic carbocycles. The van der Waals surface area contributed by atoms with Crippen molar-refractivity contribution in [3.05, 3.63) is 73.7 Å². The van der Waals surface area contributed by atoms with Crippen LogP contribution in [0.2, 0.25) is 20.7 Å². The Kier molecular flexibility index (Phi) is 6.52. The predicted octanol–water partition coefficient (Wildman–Crippen LogP) is 7.40. The Morgan fingerprint density at radius 1 is 0.900 bits per heavy atom. The summed E-state index contributed by atoms with van der Waals surface area (Å²) in [4.78, 5) is 0. The molecule has 0 saturated carbocycles. The maximum atomic E-state index is 2.62. The van der Waals surface area contributed by atoms with Crippen LogP contribution < -0.4 is 5.19 Å². The maximum absolute atomic E-state index is 2.62. The van der Waals surface area contributed by atoms with E-state index >= 15 is 0 Å². The van der Waals surface area contributed by atoms with E-state index in [1.165, 1.54) is 29.5 Å². The van der Waals surface area contributed by atoms with Gasteiger partial charge in [-0.1, -0.05) is 0 Å². The summed E-state index contributed by atoms with van der Waals surface area (Å²) in [6.45, 7) is 16.7. The van der Waals surface area contributed by atoms with Crippen LogP contribution in [0.1, 0.15) is 57.2 Å². The minimum atomic E-state index is -2.07. The average molecular weight is 455 g/mol.